The van der Waals surface area contributed by atoms with Crippen LogP contribution in [0, 0.1) is 12.8 Å². The van der Waals surface area contributed by atoms with Crippen LogP contribution in [0.5, 0.6) is 5.75 Å². The van der Waals surface area contributed by atoms with E-state index in [0.717, 1.165) is 50.5 Å². The summed E-state index contributed by atoms with van der Waals surface area (Å²) in [6.45, 7) is 7.99. The normalized spacial score (nSPS) is 22.7. The first-order chi connectivity index (χ1) is 22.9. The van der Waals surface area contributed by atoms with Gasteiger partial charge in [-0.15, -0.1) is 0 Å². The number of sulfonamides is 1. The van der Waals surface area contributed by atoms with Gasteiger partial charge in [0.2, 0.25) is 10.0 Å². The Balaban J connectivity index is 1.60. The third-order valence-corrected chi connectivity index (χ3v) is 11.3. The summed E-state index contributed by atoms with van der Waals surface area (Å²) >= 11 is 0. The number of aliphatic hydroxyl groups excluding tert-OH is 1. The van der Waals surface area contributed by atoms with Crippen LogP contribution in [0.1, 0.15) is 88.1 Å². The molecular weight excluding hydrogens is 632 g/mol. The zero-order valence-corrected chi connectivity index (χ0v) is 29.9. The monoisotopic (exact) mass is 686 g/mol. The number of likely N-dealkylation sites (N-methyl/N-ethyl adjacent to an activating group) is 1. The minimum absolute atomic E-state index is 0.0905. The molecular formula is C36H54N4O7S. The van der Waals surface area contributed by atoms with Crippen molar-refractivity contribution < 1.29 is 32.6 Å². The molecule has 3 N–H and O–H groups in total. The number of aliphatic hydroxyl groups is 1. The van der Waals surface area contributed by atoms with E-state index in [1.807, 2.05) is 20.8 Å². The quantitative estimate of drug-likeness (QED) is 0.331. The number of urea groups is 1. The molecule has 1 saturated carbocycles. The zero-order chi connectivity index (χ0) is 34.8. The average molecular weight is 687 g/mol. The highest BCUT2D eigenvalue weighted by atomic mass is 32.2. The second-order valence-corrected chi connectivity index (χ2v) is 15.6. The van der Waals surface area contributed by atoms with Crippen LogP contribution in [0.3, 0.4) is 0 Å². The van der Waals surface area contributed by atoms with Gasteiger partial charge >= 0.3 is 6.03 Å². The molecule has 266 valence electrons. The SMILES string of the molecule is Cc1ccc(S(=O)(=O)N(C)C[C@H]2OCCCC[C@@H](C)Oc3ccc(NC(=O)NC4CCCCC4)cc3C(=O)N([C@@H](C)CO)C[C@H]2C)cc1. The fourth-order valence-electron chi connectivity index (χ4n) is 6.30. The summed E-state index contributed by atoms with van der Waals surface area (Å²) in [7, 11) is -2.23. The van der Waals surface area contributed by atoms with Gasteiger partial charge in [0.15, 0.2) is 0 Å². The van der Waals surface area contributed by atoms with E-state index < -0.39 is 22.2 Å². The molecule has 12 heteroatoms. The Morgan fingerprint density at radius 1 is 1.04 bits per heavy atom. The molecule has 0 spiro atoms. The highest BCUT2D eigenvalue weighted by Gasteiger charge is 2.32. The number of carbonyl (C=O) groups excluding carboxylic acids is 2. The zero-order valence-electron chi connectivity index (χ0n) is 29.1. The van der Waals surface area contributed by atoms with Crippen molar-refractivity contribution in [3.05, 3.63) is 53.6 Å². The first kappa shape index (κ1) is 37.6. The molecule has 0 saturated heterocycles. The van der Waals surface area contributed by atoms with Gasteiger partial charge in [-0.3, -0.25) is 4.79 Å². The highest BCUT2D eigenvalue weighted by molar-refractivity contribution is 7.89. The minimum atomic E-state index is -3.78. The number of ether oxygens (including phenoxy) is 2. The first-order valence-electron chi connectivity index (χ1n) is 17.3. The number of anilines is 1. The topological polar surface area (TPSA) is 138 Å². The molecule has 0 radical (unpaired) electrons. The van der Waals surface area contributed by atoms with Gasteiger partial charge in [0, 0.05) is 44.4 Å². The Morgan fingerprint density at radius 3 is 2.42 bits per heavy atom. The van der Waals surface area contributed by atoms with E-state index in [2.05, 4.69) is 10.6 Å². The lowest BCUT2D eigenvalue weighted by Crippen LogP contribution is -2.48. The number of nitrogens with zero attached hydrogens (tertiary/aromatic N) is 2. The predicted molar refractivity (Wildman–Crippen MR) is 187 cm³/mol. The van der Waals surface area contributed by atoms with E-state index >= 15 is 0 Å². The summed E-state index contributed by atoms with van der Waals surface area (Å²) in [5.41, 5.74) is 1.70. The van der Waals surface area contributed by atoms with E-state index in [9.17, 15) is 23.1 Å². The maximum atomic E-state index is 14.4. The highest BCUT2D eigenvalue weighted by Crippen LogP contribution is 2.29. The van der Waals surface area contributed by atoms with Crippen LogP contribution >= 0.6 is 0 Å². The van der Waals surface area contributed by atoms with Gasteiger partial charge in [0.1, 0.15) is 5.75 Å². The van der Waals surface area contributed by atoms with Crippen molar-refractivity contribution in [2.45, 2.75) is 108 Å². The lowest BCUT2D eigenvalue weighted by Gasteiger charge is -2.35. The Morgan fingerprint density at radius 2 is 1.73 bits per heavy atom. The Hall–Kier alpha value is -3.19. The van der Waals surface area contributed by atoms with E-state index in [0.29, 0.717) is 18.0 Å². The number of aryl methyl sites for hydroxylation is 1. The molecule has 11 nitrogen and oxygen atoms in total. The lowest BCUT2D eigenvalue weighted by molar-refractivity contribution is -0.00833. The standard InChI is InChI=1S/C36H54N4O7S/c1-25-14-17-31(18-15-25)48(44,45)39(5)23-34-26(2)22-40(27(3)24-41)35(42)32-21-30(38-36(43)37-29-12-7-6-8-13-29)16-19-33(32)47-28(4)11-9-10-20-46-34/h14-19,21,26-29,34,41H,6-13,20,22-24H2,1-5H3,(H2,37,38,43)/t26-,27+,28-,34-/m1/s1. The molecule has 48 heavy (non-hydrogen) atoms. The number of rotatable bonds is 8. The van der Waals surface area contributed by atoms with E-state index in [4.69, 9.17) is 9.47 Å². The number of benzene rings is 2. The second-order valence-electron chi connectivity index (χ2n) is 13.5. The van der Waals surface area contributed by atoms with E-state index in [1.165, 1.54) is 10.7 Å². The van der Waals surface area contributed by atoms with E-state index in [1.54, 1.807) is 61.3 Å². The summed E-state index contributed by atoms with van der Waals surface area (Å²) in [6.07, 6.45) is 6.85. The fourth-order valence-corrected chi connectivity index (χ4v) is 7.49. The van der Waals surface area contributed by atoms with Crippen LogP contribution in [0.15, 0.2) is 47.4 Å². The molecule has 1 fully saturated rings. The molecule has 2 aromatic rings. The number of amides is 3. The van der Waals surface area contributed by atoms with Crippen LogP contribution in [-0.4, -0.2) is 92.3 Å². The van der Waals surface area contributed by atoms with Crippen molar-refractivity contribution in [2.24, 2.45) is 5.92 Å². The molecule has 2 aliphatic rings. The van der Waals surface area contributed by atoms with Crippen LogP contribution in [-0.2, 0) is 14.8 Å². The van der Waals surface area contributed by atoms with Crippen molar-refractivity contribution in [3.63, 3.8) is 0 Å². The minimum Gasteiger partial charge on any atom is -0.490 e. The Labute approximate surface area is 286 Å². The second kappa shape index (κ2) is 17.5. The molecule has 1 heterocycles. The molecule has 4 rings (SSSR count). The third kappa shape index (κ3) is 10.2. The summed E-state index contributed by atoms with van der Waals surface area (Å²) in [5, 5.41) is 16.2. The van der Waals surface area contributed by atoms with Gasteiger partial charge in [0.25, 0.3) is 5.91 Å². The molecule has 0 bridgehead atoms. The van der Waals surface area contributed by atoms with Crippen molar-refractivity contribution in [3.8, 4) is 5.75 Å². The fraction of sp³-hybridized carbons (Fsp3) is 0.611. The molecule has 4 atom stereocenters. The van der Waals surface area contributed by atoms with Crippen molar-refractivity contribution in [1.82, 2.24) is 14.5 Å². The van der Waals surface area contributed by atoms with Crippen molar-refractivity contribution in [1.29, 1.82) is 0 Å². The summed E-state index contributed by atoms with van der Waals surface area (Å²) in [5.74, 6) is -0.256. The van der Waals surface area contributed by atoms with E-state index in [-0.39, 0.29) is 60.2 Å². The van der Waals surface area contributed by atoms with Gasteiger partial charge in [-0.1, -0.05) is 43.9 Å². The summed E-state index contributed by atoms with van der Waals surface area (Å²) in [6, 6.07) is 11.1. The molecule has 1 aliphatic heterocycles. The molecule has 3 amide bonds. The summed E-state index contributed by atoms with van der Waals surface area (Å²) in [4.78, 5) is 29.0. The smallest absolute Gasteiger partial charge is 0.319 e. The lowest BCUT2D eigenvalue weighted by atomic mass is 9.96. The van der Waals surface area contributed by atoms with Crippen molar-refractivity contribution >= 4 is 27.6 Å². The number of hydrogen-bond donors (Lipinski definition) is 3. The van der Waals surface area contributed by atoms with Gasteiger partial charge < -0.3 is 30.1 Å². The first-order valence-corrected chi connectivity index (χ1v) is 18.8. The average Bonchev–Trinajstić information content (AvgIpc) is 3.06. The van der Waals surface area contributed by atoms with Gasteiger partial charge in [-0.25, -0.2) is 13.2 Å². The van der Waals surface area contributed by atoms with Crippen LogP contribution in [0.25, 0.3) is 0 Å². The van der Waals surface area contributed by atoms with Gasteiger partial charge in [0.05, 0.1) is 35.3 Å². The van der Waals surface area contributed by atoms with Gasteiger partial charge in [-0.2, -0.15) is 4.31 Å². The van der Waals surface area contributed by atoms with Gasteiger partial charge in [-0.05, 0) is 83.2 Å². The maximum absolute atomic E-state index is 14.4. The molecule has 0 aromatic heterocycles. The number of fused-ring (bicyclic) bond motifs is 1. The Kier molecular flexibility index (Phi) is 13.7. The largest absolute Gasteiger partial charge is 0.490 e. The molecule has 1 aliphatic carbocycles. The number of hydrogen-bond acceptors (Lipinski definition) is 7. The number of carbonyl (C=O) groups is 2. The predicted octanol–water partition coefficient (Wildman–Crippen LogP) is 5.57. The summed E-state index contributed by atoms with van der Waals surface area (Å²) < 4.78 is 40.9. The number of nitrogens with one attached hydrogen (secondary N) is 2. The van der Waals surface area contributed by atoms with Crippen molar-refractivity contribution in [2.75, 3.05) is 38.7 Å². The van der Waals surface area contributed by atoms with Crippen LogP contribution < -0.4 is 15.4 Å². The maximum Gasteiger partial charge on any atom is 0.319 e. The Bertz CT molecular complexity index is 1460. The molecule has 2 aromatic carbocycles. The molecule has 0 unspecified atom stereocenters. The third-order valence-electron chi connectivity index (χ3n) is 9.42. The van der Waals surface area contributed by atoms with Crippen LogP contribution in [0.4, 0.5) is 10.5 Å². The van der Waals surface area contributed by atoms with Crippen LogP contribution in [0.2, 0.25) is 0 Å².